The van der Waals surface area contributed by atoms with Crippen LogP contribution in [0.3, 0.4) is 0 Å². The normalized spacial score (nSPS) is 13.2. The molecule has 3 heteroatoms. The Hall–Kier alpha value is -0.410. The van der Waals surface area contributed by atoms with Gasteiger partial charge in [-0.2, -0.15) is 0 Å². The van der Waals surface area contributed by atoms with Gasteiger partial charge in [-0.15, -0.1) is 0 Å². The van der Waals surface area contributed by atoms with Crippen LogP contribution in [0.4, 0.5) is 4.39 Å². The van der Waals surface area contributed by atoms with Gasteiger partial charge in [-0.05, 0) is 29.7 Å². The van der Waals surface area contributed by atoms with Crippen LogP contribution in [-0.4, -0.2) is 5.11 Å². The van der Waals surface area contributed by atoms with E-state index in [9.17, 15) is 9.50 Å². The van der Waals surface area contributed by atoms with Crippen molar-refractivity contribution >= 4 is 15.9 Å². The van der Waals surface area contributed by atoms with E-state index in [0.717, 1.165) is 17.3 Å². The van der Waals surface area contributed by atoms with Crippen LogP contribution >= 0.6 is 15.9 Å². The summed E-state index contributed by atoms with van der Waals surface area (Å²) in [6.07, 6.45) is 1.19. The number of hydrogen-bond acceptors (Lipinski definition) is 1. The maximum atomic E-state index is 13.0. The average molecular weight is 275 g/mol. The van der Waals surface area contributed by atoms with Crippen molar-refractivity contribution in [2.75, 3.05) is 0 Å². The van der Waals surface area contributed by atoms with Crippen LogP contribution in [0, 0.1) is 11.7 Å². The molecule has 0 bridgehead atoms. The van der Waals surface area contributed by atoms with E-state index in [1.165, 1.54) is 12.1 Å². The molecule has 0 aliphatic heterocycles. The van der Waals surface area contributed by atoms with Crippen molar-refractivity contribution in [3.05, 3.63) is 34.1 Å². The summed E-state index contributed by atoms with van der Waals surface area (Å²) in [6.45, 7) is 4.06. The van der Waals surface area contributed by atoms with Crippen LogP contribution in [0.1, 0.15) is 38.4 Å². The molecule has 1 N–H and O–H groups in total. The van der Waals surface area contributed by atoms with Crippen molar-refractivity contribution in [1.82, 2.24) is 0 Å². The summed E-state index contributed by atoms with van der Waals surface area (Å²) in [5.41, 5.74) is 0.642. The molecule has 1 rings (SSSR count). The molecule has 0 radical (unpaired) electrons. The van der Waals surface area contributed by atoms with Crippen molar-refractivity contribution in [2.45, 2.75) is 32.8 Å². The highest BCUT2D eigenvalue weighted by molar-refractivity contribution is 9.10. The van der Waals surface area contributed by atoms with Crippen LogP contribution in [-0.2, 0) is 0 Å². The lowest BCUT2D eigenvalue weighted by Crippen LogP contribution is -2.11. The first-order valence-electron chi connectivity index (χ1n) is 5.23. The van der Waals surface area contributed by atoms with Gasteiger partial charge in [0.15, 0.2) is 0 Å². The molecule has 0 saturated carbocycles. The molecule has 0 aliphatic carbocycles. The van der Waals surface area contributed by atoms with Gasteiger partial charge in [-0.25, -0.2) is 4.39 Å². The molecule has 0 heterocycles. The highest BCUT2D eigenvalue weighted by atomic mass is 79.9. The summed E-state index contributed by atoms with van der Waals surface area (Å²) in [5.74, 6) is -0.124. The summed E-state index contributed by atoms with van der Waals surface area (Å²) >= 11 is 3.33. The van der Waals surface area contributed by atoms with E-state index in [2.05, 4.69) is 15.9 Å². The Morgan fingerprint density at radius 2 is 1.93 bits per heavy atom. The number of hydrogen-bond donors (Lipinski definition) is 1. The molecular formula is C12H16BrFO. The van der Waals surface area contributed by atoms with E-state index < -0.39 is 6.10 Å². The number of halogens is 2. The Labute approximate surface area is 98.4 Å². The molecule has 0 saturated heterocycles. The maximum Gasteiger partial charge on any atom is 0.123 e. The highest BCUT2D eigenvalue weighted by Crippen LogP contribution is 2.32. The van der Waals surface area contributed by atoms with Crippen LogP contribution in [0.5, 0.6) is 0 Å². The minimum absolute atomic E-state index is 0.183. The summed E-state index contributed by atoms with van der Waals surface area (Å²) in [5, 5.41) is 10.1. The fraction of sp³-hybridized carbons (Fsp3) is 0.500. The summed E-state index contributed by atoms with van der Waals surface area (Å²) in [7, 11) is 0. The predicted octanol–water partition coefficient (Wildman–Crippen LogP) is 4.06. The van der Waals surface area contributed by atoms with Gasteiger partial charge in [0.2, 0.25) is 0 Å². The quantitative estimate of drug-likeness (QED) is 0.878. The molecule has 1 atom stereocenters. The van der Waals surface area contributed by atoms with Gasteiger partial charge in [0, 0.05) is 4.47 Å². The average Bonchev–Trinajstić information content (AvgIpc) is 2.23. The third kappa shape index (κ3) is 3.02. The second-order valence-corrected chi connectivity index (χ2v) is 4.54. The third-order valence-corrected chi connectivity index (χ3v) is 3.49. The summed E-state index contributed by atoms with van der Waals surface area (Å²) in [4.78, 5) is 0. The lowest BCUT2D eigenvalue weighted by atomic mass is 9.91. The van der Waals surface area contributed by atoms with Crippen molar-refractivity contribution in [1.29, 1.82) is 0 Å². The standard InChI is InChI=1S/C12H16BrFO/c1-3-8(4-2)12(15)10-7-9(14)5-6-11(10)13/h5-8,12,15H,3-4H2,1-2H3. The van der Waals surface area contributed by atoms with Crippen LogP contribution in [0.25, 0.3) is 0 Å². The Morgan fingerprint density at radius 1 is 1.33 bits per heavy atom. The van der Waals surface area contributed by atoms with Gasteiger partial charge < -0.3 is 5.11 Å². The second-order valence-electron chi connectivity index (χ2n) is 3.69. The zero-order valence-electron chi connectivity index (χ0n) is 9.00. The molecular weight excluding hydrogens is 259 g/mol. The van der Waals surface area contributed by atoms with E-state index >= 15 is 0 Å². The molecule has 0 aromatic heterocycles. The van der Waals surface area contributed by atoms with Crippen molar-refractivity contribution in [3.8, 4) is 0 Å². The van der Waals surface area contributed by atoms with Gasteiger partial charge in [-0.3, -0.25) is 0 Å². The second kappa shape index (κ2) is 5.61. The number of aliphatic hydroxyl groups is 1. The molecule has 84 valence electrons. The molecule has 0 spiro atoms. The van der Waals surface area contributed by atoms with Crippen LogP contribution < -0.4 is 0 Å². The smallest absolute Gasteiger partial charge is 0.123 e. The Balaban J connectivity index is 2.98. The van der Waals surface area contributed by atoms with E-state index in [4.69, 9.17) is 0 Å². The highest BCUT2D eigenvalue weighted by Gasteiger charge is 2.20. The molecule has 1 nitrogen and oxygen atoms in total. The van der Waals surface area contributed by atoms with E-state index in [1.54, 1.807) is 6.07 Å². The minimum Gasteiger partial charge on any atom is -0.388 e. The van der Waals surface area contributed by atoms with Crippen molar-refractivity contribution < 1.29 is 9.50 Å². The van der Waals surface area contributed by atoms with Gasteiger partial charge in [0.25, 0.3) is 0 Å². The first-order chi connectivity index (χ1) is 7.10. The van der Waals surface area contributed by atoms with Crippen LogP contribution in [0.15, 0.2) is 22.7 Å². The first-order valence-corrected chi connectivity index (χ1v) is 6.02. The van der Waals surface area contributed by atoms with Crippen LogP contribution in [0.2, 0.25) is 0 Å². The lowest BCUT2D eigenvalue weighted by Gasteiger charge is -2.21. The molecule has 0 aliphatic rings. The molecule has 1 unspecified atom stereocenters. The van der Waals surface area contributed by atoms with Gasteiger partial charge >= 0.3 is 0 Å². The fourth-order valence-corrected chi connectivity index (χ4v) is 2.21. The number of rotatable bonds is 4. The molecule has 1 aromatic rings. The van der Waals surface area contributed by atoms with Gasteiger partial charge in [0.1, 0.15) is 5.82 Å². The zero-order chi connectivity index (χ0) is 11.4. The number of benzene rings is 1. The SMILES string of the molecule is CCC(CC)C(O)c1cc(F)ccc1Br. The fourth-order valence-electron chi connectivity index (χ4n) is 1.73. The Morgan fingerprint density at radius 3 is 2.47 bits per heavy atom. The zero-order valence-corrected chi connectivity index (χ0v) is 10.6. The molecule has 1 aromatic carbocycles. The van der Waals surface area contributed by atoms with E-state index in [0.29, 0.717) is 5.56 Å². The number of aliphatic hydroxyl groups excluding tert-OH is 1. The predicted molar refractivity (Wildman–Crippen MR) is 63.1 cm³/mol. The Bertz CT molecular complexity index is 323. The monoisotopic (exact) mass is 274 g/mol. The van der Waals surface area contributed by atoms with Gasteiger partial charge in [0.05, 0.1) is 6.10 Å². The summed E-state index contributed by atoms with van der Waals surface area (Å²) < 4.78 is 13.8. The molecule has 0 fully saturated rings. The van der Waals surface area contributed by atoms with Crippen molar-refractivity contribution in [3.63, 3.8) is 0 Å². The maximum absolute atomic E-state index is 13.0. The minimum atomic E-state index is -0.593. The first kappa shape index (κ1) is 12.7. The lowest BCUT2D eigenvalue weighted by molar-refractivity contribution is 0.102. The van der Waals surface area contributed by atoms with Gasteiger partial charge in [-0.1, -0.05) is 42.6 Å². The van der Waals surface area contributed by atoms with E-state index in [1.807, 2.05) is 13.8 Å². The third-order valence-electron chi connectivity index (χ3n) is 2.77. The molecule has 0 amide bonds. The topological polar surface area (TPSA) is 20.2 Å². The molecule has 15 heavy (non-hydrogen) atoms. The summed E-state index contributed by atoms with van der Waals surface area (Å²) in [6, 6.07) is 4.41. The van der Waals surface area contributed by atoms with Crippen molar-refractivity contribution in [2.24, 2.45) is 5.92 Å². The Kier molecular flexibility index (Phi) is 4.74. The largest absolute Gasteiger partial charge is 0.388 e. The van der Waals surface area contributed by atoms with E-state index in [-0.39, 0.29) is 11.7 Å².